The SMILES string of the molecule is Cc1c(C(=O)N2CCC(c3nc4ccccc4s3)CC2)cnn1-c1ccccc1. The molecular weight excluding hydrogens is 380 g/mol. The van der Waals surface area contributed by atoms with Crippen LogP contribution in [0, 0.1) is 6.92 Å². The van der Waals surface area contributed by atoms with Crippen LogP contribution in [0.2, 0.25) is 0 Å². The second-order valence-corrected chi connectivity index (χ2v) is 8.54. The van der Waals surface area contributed by atoms with Crippen LogP contribution in [-0.2, 0) is 0 Å². The number of nitrogens with zero attached hydrogens (tertiary/aromatic N) is 4. The zero-order valence-corrected chi connectivity index (χ0v) is 17.1. The number of rotatable bonds is 3. The van der Waals surface area contributed by atoms with Crippen LogP contribution in [-0.4, -0.2) is 38.7 Å². The first-order chi connectivity index (χ1) is 14.2. The smallest absolute Gasteiger partial charge is 0.257 e. The number of thiazole rings is 1. The lowest BCUT2D eigenvalue weighted by molar-refractivity contribution is 0.0712. The average molecular weight is 403 g/mol. The number of hydrogen-bond acceptors (Lipinski definition) is 4. The predicted octanol–water partition coefficient (Wildman–Crippen LogP) is 4.81. The third kappa shape index (κ3) is 3.34. The Kier molecular flexibility index (Phi) is 4.64. The molecule has 1 aliphatic heterocycles. The number of hydrogen-bond donors (Lipinski definition) is 0. The van der Waals surface area contributed by atoms with Crippen LogP contribution >= 0.6 is 11.3 Å². The number of para-hydroxylation sites is 2. The van der Waals surface area contributed by atoms with Gasteiger partial charge in [0.15, 0.2) is 0 Å². The number of carbonyl (C=O) groups excluding carboxylic acids is 1. The molecule has 5 rings (SSSR count). The molecule has 0 bridgehead atoms. The summed E-state index contributed by atoms with van der Waals surface area (Å²) in [6.07, 6.45) is 3.61. The van der Waals surface area contributed by atoms with Crippen molar-refractivity contribution in [2.45, 2.75) is 25.7 Å². The summed E-state index contributed by atoms with van der Waals surface area (Å²) in [4.78, 5) is 19.9. The Morgan fingerprint density at radius 1 is 1.03 bits per heavy atom. The van der Waals surface area contributed by atoms with Crippen LogP contribution in [0.3, 0.4) is 0 Å². The molecule has 6 heteroatoms. The zero-order valence-electron chi connectivity index (χ0n) is 16.3. The van der Waals surface area contributed by atoms with Gasteiger partial charge >= 0.3 is 0 Å². The van der Waals surface area contributed by atoms with Crippen LogP contribution in [0.15, 0.2) is 60.8 Å². The highest BCUT2D eigenvalue weighted by atomic mass is 32.1. The van der Waals surface area contributed by atoms with Gasteiger partial charge in [-0.1, -0.05) is 30.3 Å². The van der Waals surface area contributed by atoms with Gasteiger partial charge in [0.2, 0.25) is 0 Å². The molecule has 1 fully saturated rings. The normalized spacial score (nSPS) is 15.1. The van der Waals surface area contributed by atoms with Crippen molar-refractivity contribution < 1.29 is 4.79 Å². The van der Waals surface area contributed by atoms with E-state index < -0.39 is 0 Å². The number of likely N-dealkylation sites (tertiary alicyclic amines) is 1. The van der Waals surface area contributed by atoms with Gasteiger partial charge in [-0.3, -0.25) is 4.79 Å². The maximum absolute atomic E-state index is 13.1. The first-order valence-electron chi connectivity index (χ1n) is 9.95. The summed E-state index contributed by atoms with van der Waals surface area (Å²) in [6, 6.07) is 18.2. The van der Waals surface area contributed by atoms with Gasteiger partial charge in [-0.05, 0) is 44.0 Å². The Balaban J connectivity index is 1.30. The van der Waals surface area contributed by atoms with Crippen molar-refractivity contribution in [1.82, 2.24) is 19.7 Å². The van der Waals surface area contributed by atoms with Crippen LogP contribution in [0.25, 0.3) is 15.9 Å². The highest BCUT2D eigenvalue weighted by Crippen LogP contribution is 2.34. The Hall–Kier alpha value is -2.99. The van der Waals surface area contributed by atoms with Crippen LogP contribution in [0.4, 0.5) is 0 Å². The molecule has 29 heavy (non-hydrogen) atoms. The minimum absolute atomic E-state index is 0.0763. The molecule has 0 spiro atoms. The van der Waals surface area contributed by atoms with Crippen molar-refractivity contribution >= 4 is 27.5 Å². The summed E-state index contributed by atoms with van der Waals surface area (Å²) < 4.78 is 3.08. The van der Waals surface area contributed by atoms with E-state index in [1.165, 1.54) is 9.71 Å². The van der Waals surface area contributed by atoms with Crippen LogP contribution in [0.1, 0.15) is 39.8 Å². The molecule has 2 aromatic carbocycles. The molecule has 0 radical (unpaired) electrons. The van der Waals surface area contributed by atoms with Gasteiger partial charge in [-0.2, -0.15) is 5.10 Å². The Labute approximate surface area is 173 Å². The third-order valence-corrected chi connectivity index (χ3v) is 6.88. The van der Waals surface area contributed by atoms with Gasteiger partial charge in [-0.15, -0.1) is 11.3 Å². The van der Waals surface area contributed by atoms with E-state index in [9.17, 15) is 4.79 Å². The fourth-order valence-corrected chi connectivity index (χ4v) is 5.15. The van der Waals surface area contributed by atoms with Crippen molar-refractivity contribution in [1.29, 1.82) is 0 Å². The Morgan fingerprint density at radius 3 is 2.52 bits per heavy atom. The molecule has 3 heterocycles. The predicted molar refractivity (Wildman–Crippen MR) is 116 cm³/mol. The van der Waals surface area contributed by atoms with Crippen molar-refractivity contribution in [3.05, 3.63) is 77.1 Å². The lowest BCUT2D eigenvalue weighted by Crippen LogP contribution is -2.38. The molecule has 2 aromatic heterocycles. The number of amides is 1. The zero-order chi connectivity index (χ0) is 19.8. The van der Waals surface area contributed by atoms with Crippen molar-refractivity contribution in [3.63, 3.8) is 0 Å². The van der Waals surface area contributed by atoms with E-state index in [4.69, 9.17) is 4.98 Å². The highest BCUT2D eigenvalue weighted by Gasteiger charge is 2.28. The summed E-state index contributed by atoms with van der Waals surface area (Å²) >= 11 is 1.79. The van der Waals surface area contributed by atoms with Crippen LogP contribution < -0.4 is 0 Å². The fourth-order valence-electron chi connectivity index (χ4n) is 4.01. The lowest BCUT2D eigenvalue weighted by Gasteiger charge is -2.31. The van der Waals surface area contributed by atoms with Crippen LogP contribution in [0.5, 0.6) is 0 Å². The average Bonchev–Trinajstić information content (AvgIpc) is 3.37. The Bertz CT molecular complexity index is 1120. The van der Waals surface area contributed by atoms with Crippen molar-refractivity contribution in [2.24, 2.45) is 0 Å². The monoisotopic (exact) mass is 402 g/mol. The van der Waals surface area contributed by atoms with E-state index in [1.54, 1.807) is 17.5 Å². The molecule has 1 amide bonds. The highest BCUT2D eigenvalue weighted by molar-refractivity contribution is 7.18. The summed E-state index contributed by atoms with van der Waals surface area (Å²) in [5, 5.41) is 5.65. The molecule has 0 saturated carbocycles. The first-order valence-corrected chi connectivity index (χ1v) is 10.8. The minimum atomic E-state index is 0.0763. The second-order valence-electron chi connectivity index (χ2n) is 7.48. The topological polar surface area (TPSA) is 51.0 Å². The molecular formula is C23H22N4OS. The quantitative estimate of drug-likeness (QED) is 0.494. The van der Waals surface area contributed by atoms with E-state index in [2.05, 4.69) is 23.3 Å². The number of carbonyl (C=O) groups is 1. The van der Waals surface area contributed by atoms with Gasteiger partial charge in [0, 0.05) is 19.0 Å². The summed E-state index contributed by atoms with van der Waals surface area (Å²) in [6.45, 7) is 3.48. The molecule has 146 valence electrons. The van der Waals surface area contributed by atoms with E-state index >= 15 is 0 Å². The van der Waals surface area contributed by atoms with Gasteiger partial charge in [0.05, 0.1) is 38.4 Å². The summed E-state index contributed by atoms with van der Waals surface area (Å²) in [7, 11) is 0. The fraction of sp³-hybridized carbons (Fsp3) is 0.261. The lowest BCUT2D eigenvalue weighted by atomic mass is 9.97. The first kappa shape index (κ1) is 18.1. The van der Waals surface area contributed by atoms with Gasteiger partial charge in [-0.25, -0.2) is 9.67 Å². The molecule has 0 N–H and O–H groups in total. The molecule has 5 nitrogen and oxygen atoms in total. The number of aromatic nitrogens is 3. The van der Waals surface area contributed by atoms with E-state index in [1.807, 2.05) is 52.9 Å². The summed E-state index contributed by atoms with van der Waals surface area (Å²) in [5.41, 5.74) is 3.62. The maximum Gasteiger partial charge on any atom is 0.257 e. The molecule has 0 aliphatic carbocycles. The summed E-state index contributed by atoms with van der Waals surface area (Å²) in [5.74, 6) is 0.511. The third-order valence-electron chi connectivity index (χ3n) is 5.68. The standard InChI is InChI=1S/C23H22N4OS/c1-16-19(15-24-27(16)18-7-3-2-4-8-18)23(28)26-13-11-17(12-14-26)22-25-20-9-5-6-10-21(20)29-22/h2-10,15,17H,11-14H2,1H3. The molecule has 0 atom stereocenters. The molecule has 4 aromatic rings. The second kappa shape index (κ2) is 7.44. The van der Waals surface area contributed by atoms with Gasteiger partial charge in [0.25, 0.3) is 5.91 Å². The molecule has 1 saturated heterocycles. The van der Waals surface area contributed by atoms with Crippen molar-refractivity contribution in [2.75, 3.05) is 13.1 Å². The number of benzene rings is 2. The molecule has 1 aliphatic rings. The van der Waals surface area contributed by atoms with E-state index in [0.717, 1.165) is 42.8 Å². The van der Waals surface area contributed by atoms with E-state index in [0.29, 0.717) is 11.5 Å². The van der Waals surface area contributed by atoms with Gasteiger partial charge < -0.3 is 4.90 Å². The van der Waals surface area contributed by atoms with Gasteiger partial charge in [0.1, 0.15) is 0 Å². The molecule has 0 unspecified atom stereocenters. The van der Waals surface area contributed by atoms with E-state index in [-0.39, 0.29) is 5.91 Å². The minimum Gasteiger partial charge on any atom is -0.338 e. The number of fused-ring (bicyclic) bond motifs is 1. The van der Waals surface area contributed by atoms with Crippen molar-refractivity contribution in [3.8, 4) is 5.69 Å². The maximum atomic E-state index is 13.1. The number of piperidine rings is 1. The Morgan fingerprint density at radius 2 is 1.76 bits per heavy atom. The largest absolute Gasteiger partial charge is 0.338 e.